The van der Waals surface area contributed by atoms with Crippen LogP contribution in [0.5, 0.6) is 0 Å². The van der Waals surface area contributed by atoms with Gasteiger partial charge >= 0.3 is 11.9 Å². The molecule has 2 rings (SSSR count). The van der Waals surface area contributed by atoms with E-state index in [1.54, 1.807) is 0 Å². The lowest BCUT2D eigenvalue weighted by Gasteiger charge is -2.11. The molecule has 9 heteroatoms. The average molecular weight is 265 g/mol. The smallest absolute Gasteiger partial charge is 0.383 e. The number of carboxylic acids is 1. The zero-order valence-corrected chi connectivity index (χ0v) is 9.40. The maximum absolute atomic E-state index is 11.6. The third kappa shape index (κ3) is 2.54. The minimum Gasteiger partial charge on any atom is -0.476 e. The Balaban J connectivity index is 2.09. The Morgan fingerprint density at radius 1 is 1.11 bits per heavy atom. The number of aromatic carboxylic acids is 1. The zero-order valence-electron chi connectivity index (χ0n) is 9.40. The predicted molar refractivity (Wildman–Crippen MR) is 55.5 cm³/mol. The maximum atomic E-state index is 11.6. The number of rotatable bonds is 3. The Bertz CT molecular complexity index is 551. The molecule has 1 aromatic rings. The molecule has 0 unspecified atom stereocenters. The lowest BCUT2D eigenvalue weighted by Crippen LogP contribution is -2.32. The molecule has 19 heavy (non-hydrogen) atoms. The van der Waals surface area contributed by atoms with Crippen molar-refractivity contribution < 1.29 is 29.1 Å². The summed E-state index contributed by atoms with van der Waals surface area (Å²) in [4.78, 5) is 56.1. The molecule has 0 aromatic carbocycles. The average Bonchev–Trinajstić information content (AvgIpc) is 2.70. The van der Waals surface area contributed by atoms with Gasteiger partial charge in [0.25, 0.3) is 11.8 Å². The van der Waals surface area contributed by atoms with Gasteiger partial charge in [0.05, 0.1) is 12.4 Å². The zero-order chi connectivity index (χ0) is 14.0. The van der Waals surface area contributed by atoms with Crippen molar-refractivity contribution in [2.24, 2.45) is 0 Å². The van der Waals surface area contributed by atoms with Crippen molar-refractivity contribution in [1.29, 1.82) is 0 Å². The topological polar surface area (TPSA) is 127 Å². The summed E-state index contributed by atoms with van der Waals surface area (Å²) in [5.74, 6) is -3.59. The molecular weight excluding hydrogens is 258 g/mol. The normalized spacial score (nSPS) is 14.6. The van der Waals surface area contributed by atoms with Gasteiger partial charge in [0.2, 0.25) is 0 Å². The van der Waals surface area contributed by atoms with E-state index in [-0.39, 0.29) is 24.2 Å². The van der Waals surface area contributed by atoms with Crippen LogP contribution in [0.3, 0.4) is 0 Å². The van der Waals surface area contributed by atoms with Gasteiger partial charge in [-0.1, -0.05) is 0 Å². The summed E-state index contributed by atoms with van der Waals surface area (Å²) >= 11 is 0. The number of aromatic nitrogens is 2. The van der Waals surface area contributed by atoms with Crippen LogP contribution >= 0.6 is 0 Å². The first-order valence-electron chi connectivity index (χ1n) is 5.12. The van der Waals surface area contributed by atoms with Crippen LogP contribution in [0.1, 0.15) is 33.8 Å². The highest BCUT2D eigenvalue weighted by molar-refractivity contribution is 6.02. The SMILES string of the molecule is O=C(O)c1cnc(C(=O)ON2C(=O)CCC2=O)cn1. The van der Waals surface area contributed by atoms with E-state index in [2.05, 4.69) is 14.8 Å². The van der Waals surface area contributed by atoms with E-state index in [1.807, 2.05) is 0 Å². The summed E-state index contributed by atoms with van der Waals surface area (Å²) in [5, 5.41) is 8.97. The number of carbonyl (C=O) groups is 4. The number of imide groups is 1. The largest absolute Gasteiger partial charge is 0.476 e. The number of carbonyl (C=O) groups excluding carboxylic acids is 3. The van der Waals surface area contributed by atoms with Crippen LogP contribution < -0.4 is 0 Å². The summed E-state index contributed by atoms with van der Waals surface area (Å²) in [7, 11) is 0. The number of nitrogens with zero attached hydrogens (tertiary/aromatic N) is 3. The number of amides is 2. The van der Waals surface area contributed by atoms with Crippen LogP contribution in [0.15, 0.2) is 12.4 Å². The van der Waals surface area contributed by atoms with E-state index in [9.17, 15) is 19.2 Å². The van der Waals surface area contributed by atoms with E-state index in [4.69, 9.17) is 5.11 Å². The fourth-order valence-corrected chi connectivity index (χ4v) is 1.33. The molecule has 1 saturated heterocycles. The molecule has 0 bridgehead atoms. The van der Waals surface area contributed by atoms with Crippen LogP contribution in [0.2, 0.25) is 0 Å². The number of hydroxylamine groups is 2. The van der Waals surface area contributed by atoms with E-state index in [0.29, 0.717) is 5.06 Å². The monoisotopic (exact) mass is 265 g/mol. The van der Waals surface area contributed by atoms with Gasteiger partial charge in [0, 0.05) is 12.8 Å². The van der Waals surface area contributed by atoms with Gasteiger partial charge in [-0.25, -0.2) is 19.6 Å². The van der Waals surface area contributed by atoms with Crippen molar-refractivity contribution in [3.8, 4) is 0 Å². The maximum Gasteiger partial charge on any atom is 0.383 e. The van der Waals surface area contributed by atoms with Gasteiger partial charge in [-0.05, 0) is 0 Å². The van der Waals surface area contributed by atoms with E-state index < -0.39 is 23.8 Å². The van der Waals surface area contributed by atoms with Crippen molar-refractivity contribution in [2.45, 2.75) is 12.8 Å². The second-order valence-corrected chi connectivity index (χ2v) is 3.55. The molecule has 1 N–H and O–H groups in total. The first-order valence-corrected chi connectivity index (χ1v) is 5.12. The molecule has 2 heterocycles. The van der Waals surface area contributed by atoms with Gasteiger partial charge in [-0.3, -0.25) is 9.59 Å². The van der Waals surface area contributed by atoms with Crippen LogP contribution in [-0.4, -0.2) is 43.9 Å². The molecule has 2 amide bonds. The highest BCUT2D eigenvalue weighted by atomic mass is 16.7. The minimum atomic E-state index is -1.29. The fraction of sp³-hybridized carbons (Fsp3) is 0.200. The quantitative estimate of drug-likeness (QED) is 0.717. The summed E-state index contributed by atoms with van der Waals surface area (Å²) in [6, 6.07) is 0. The molecule has 0 saturated carbocycles. The molecule has 0 aliphatic carbocycles. The van der Waals surface area contributed by atoms with Gasteiger partial charge < -0.3 is 9.94 Å². The van der Waals surface area contributed by atoms with Crippen LogP contribution in [0, 0.1) is 0 Å². The fourth-order valence-electron chi connectivity index (χ4n) is 1.33. The molecule has 1 aromatic heterocycles. The van der Waals surface area contributed by atoms with Gasteiger partial charge in [0.1, 0.15) is 0 Å². The second-order valence-electron chi connectivity index (χ2n) is 3.55. The highest BCUT2D eigenvalue weighted by Gasteiger charge is 2.33. The van der Waals surface area contributed by atoms with E-state index in [1.165, 1.54) is 0 Å². The molecular formula is C10H7N3O6. The predicted octanol–water partition coefficient (Wildman–Crippen LogP) is -0.604. The molecule has 1 aliphatic heterocycles. The second kappa shape index (κ2) is 4.80. The first kappa shape index (κ1) is 12.6. The Kier molecular flexibility index (Phi) is 3.19. The van der Waals surface area contributed by atoms with Gasteiger partial charge in [-0.2, -0.15) is 0 Å². The van der Waals surface area contributed by atoms with Crippen LogP contribution in [-0.2, 0) is 14.4 Å². The standard InChI is InChI=1S/C10H7N3O6/c14-7-1-2-8(15)13(7)19-10(18)6-4-11-5(3-12-6)9(16)17/h3-4H,1-2H2,(H,16,17). The van der Waals surface area contributed by atoms with Crippen molar-refractivity contribution in [3.05, 3.63) is 23.8 Å². The van der Waals surface area contributed by atoms with Crippen LogP contribution in [0.4, 0.5) is 0 Å². The molecule has 98 valence electrons. The first-order chi connectivity index (χ1) is 8.99. The molecule has 1 fully saturated rings. The summed E-state index contributed by atoms with van der Waals surface area (Å²) in [5.41, 5.74) is -0.651. The molecule has 0 atom stereocenters. The lowest BCUT2D eigenvalue weighted by atomic mass is 10.4. The van der Waals surface area contributed by atoms with Gasteiger partial charge in [-0.15, -0.1) is 5.06 Å². The summed E-state index contributed by atoms with van der Waals surface area (Å²) in [6.45, 7) is 0. The summed E-state index contributed by atoms with van der Waals surface area (Å²) < 4.78 is 0. The Hall–Kier alpha value is -2.84. The minimum absolute atomic E-state index is 0.0181. The Labute approximate surface area is 105 Å². The molecule has 0 spiro atoms. The third-order valence-electron chi connectivity index (χ3n) is 2.26. The Morgan fingerprint density at radius 2 is 1.63 bits per heavy atom. The number of hydrogen-bond acceptors (Lipinski definition) is 7. The molecule has 1 aliphatic rings. The van der Waals surface area contributed by atoms with Gasteiger partial charge in [0.15, 0.2) is 11.4 Å². The van der Waals surface area contributed by atoms with Crippen LogP contribution in [0.25, 0.3) is 0 Å². The van der Waals surface area contributed by atoms with E-state index >= 15 is 0 Å². The summed E-state index contributed by atoms with van der Waals surface area (Å²) in [6.07, 6.45) is 1.72. The molecule has 0 radical (unpaired) electrons. The van der Waals surface area contributed by atoms with Crippen molar-refractivity contribution in [2.75, 3.05) is 0 Å². The number of carboxylic acid groups (broad SMARTS) is 1. The van der Waals surface area contributed by atoms with E-state index in [0.717, 1.165) is 12.4 Å². The Morgan fingerprint density at radius 3 is 2.11 bits per heavy atom. The highest BCUT2D eigenvalue weighted by Crippen LogP contribution is 2.13. The van der Waals surface area contributed by atoms with Crippen molar-refractivity contribution >= 4 is 23.8 Å². The van der Waals surface area contributed by atoms with Crippen molar-refractivity contribution in [3.63, 3.8) is 0 Å². The van der Waals surface area contributed by atoms with Crippen molar-refractivity contribution in [1.82, 2.24) is 15.0 Å². The molecule has 9 nitrogen and oxygen atoms in total. The third-order valence-corrected chi connectivity index (χ3v) is 2.26. The lowest BCUT2D eigenvalue weighted by molar-refractivity contribution is -0.172. The number of hydrogen-bond donors (Lipinski definition) is 1.